The molecule has 22 heavy (non-hydrogen) atoms. The van der Waals surface area contributed by atoms with Gasteiger partial charge >= 0.3 is 0 Å². The molecule has 0 fully saturated rings. The average Bonchev–Trinajstić information content (AvgIpc) is 2.55. The molecule has 0 radical (unpaired) electrons. The molecule has 2 aromatic rings. The lowest BCUT2D eigenvalue weighted by Crippen LogP contribution is -2.22. The minimum Gasteiger partial charge on any atom is -0.497 e. The van der Waals surface area contributed by atoms with Gasteiger partial charge < -0.3 is 20.1 Å². The Bertz CT molecular complexity index is 629. The minimum atomic E-state index is -0.144. The topological polar surface area (TPSA) is 59.6 Å². The van der Waals surface area contributed by atoms with Gasteiger partial charge in [-0.2, -0.15) is 0 Å². The summed E-state index contributed by atoms with van der Waals surface area (Å²) in [7, 11) is 1.61. The molecule has 2 N–H and O–H groups in total. The van der Waals surface area contributed by atoms with Crippen molar-refractivity contribution < 1.29 is 14.3 Å². The molecule has 5 heteroatoms. The van der Waals surface area contributed by atoms with Gasteiger partial charge in [0.1, 0.15) is 11.5 Å². The molecule has 2 rings (SSSR count). The second-order valence-electron chi connectivity index (χ2n) is 4.56. The fourth-order valence-corrected chi connectivity index (χ4v) is 1.96. The molecule has 1 amide bonds. The quantitative estimate of drug-likeness (QED) is 0.824. The highest BCUT2D eigenvalue weighted by Crippen LogP contribution is 2.23. The van der Waals surface area contributed by atoms with E-state index in [2.05, 4.69) is 10.6 Å². The molecule has 0 spiro atoms. The number of para-hydroxylation sites is 2. The molecule has 2 aromatic carbocycles. The Labute approximate surface area is 130 Å². The Morgan fingerprint density at radius 2 is 1.95 bits per heavy atom. The van der Waals surface area contributed by atoms with Crippen molar-refractivity contribution in [2.24, 2.45) is 0 Å². The van der Waals surface area contributed by atoms with Crippen LogP contribution in [-0.2, 0) is 4.79 Å². The van der Waals surface area contributed by atoms with Crippen molar-refractivity contribution in [3.8, 4) is 11.5 Å². The van der Waals surface area contributed by atoms with E-state index in [9.17, 15) is 4.79 Å². The summed E-state index contributed by atoms with van der Waals surface area (Å²) >= 11 is 0. The van der Waals surface area contributed by atoms with E-state index in [-0.39, 0.29) is 12.5 Å². The molecule has 0 saturated heterocycles. The van der Waals surface area contributed by atoms with Gasteiger partial charge in [0.25, 0.3) is 0 Å². The Balaban J connectivity index is 1.93. The number of amides is 1. The fraction of sp³-hybridized carbons (Fsp3) is 0.235. The van der Waals surface area contributed by atoms with Crippen molar-refractivity contribution in [3.05, 3.63) is 48.5 Å². The van der Waals surface area contributed by atoms with Crippen LogP contribution in [0.5, 0.6) is 11.5 Å². The van der Waals surface area contributed by atoms with Crippen LogP contribution in [0.1, 0.15) is 6.92 Å². The van der Waals surface area contributed by atoms with E-state index in [1.54, 1.807) is 7.11 Å². The fourth-order valence-electron chi connectivity index (χ4n) is 1.96. The lowest BCUT2D eigenvalue weighted by Gasteiger charge is -2.12. The van der Waals surface area contributed by atoms with E-state index >= 15 is 0 Å². The Morgan fingerprint density at radius 3 is 2.73 bits per heavy atom. The maximum absolute atomic E-state index is 12.0. The summed E-state index contributed by atoms with van der Waals surface area (Å²) in [6, 6.07) is 14.8. The second-order valence-corrected chi connectivity index (χ2v) is 4.56. The summed E-state index contributed by atoms with van der Waals surface area (Å²) in [4.78, 5) is 12.0. The number of methoxy groups -OCH3 is 1. The van der Waals surface area contributed by atoms with Crippen molar-refractivity contribution in [2.75, 3.05) is 30.9 Å². The molecule has 0 bridgehead atoms. The third-order valence-electron chi connectivity index (χ3n) is 2.98. The first-order chi connectivity index (χ1) is 10.7. The van der Waals surface area contributed by atoms with Crippen LogP contribution >= 0.6 is 0 Å². The average molecular weight is 300 g/mol. The Kier molecular flexibility index (Phi) is 5.65. The van der Waals surface area contributed by atoms with Crippen LogP contribution in [0.2, 0.25) is 0 Å². The van der Waals surface area contributed by atoms with Gasteiger partial charge in [-0.15, -0.1) is 0 Å². The van der Waals surface area contributed by atoms with Gasteiger partial charge in [-0.25, -0.2) is 0 Å². The molecule has 0 aliphatic carbocycles. The van der Waals surface area contributed by atoms with Gasteiger partial charge in [0.05, 0.1) is 25.9 Å². The minimum absolute atomic E-state index is 0.144. The van der Waals surface area contributed by atoms with Crippen LogP contribution in [0.25, 0.3) is 0 Å². The van der Waals surface area contributed by atoms with E-state index < -0.39 is 0 Å². The van der Waals surface area contributed by atoms with Gasteiger partial charge in [-0.3, -0.25) is 4.79 Å². The van der Waals surface area contributed by atoms with E-state index in [0.29, 0.717) is 18.0 Å². The monoisotopic (exact) mass is 300 g/mol. The van der Waals surface area contributed by atoms with E-state index in [1.165, 1.54) is 0 Å². The number of hydrogen-bond donors (Lipinski definition) is 2. The third kappa shape index (κ3) is 4.41. The molecule has 5 nitrogen and oxygen atoms in total. The first kappa shape index (κ1) is 15.7. The van der Waals surface area contributed by atoms with Crippen LogP contribution in [0.4, 0.5) is 11.4 Å². The lowest BCUT2D eigenvalue weighted by atomic mass is 10.3. The number of hydrogen-bond acceptors (Lipinski definition) is 4. The predicted molar refractivity (Wildman–Crippen MR) is 87.7 cm³/mol. The zero-order valence-corrected chi connectivity index (χ0v) is 12.8. The number of nitrogens with one attached hydrogen (secondary N) is 2. The van der Waals surface area contributed by atoms with Crippen LogP contribution < -0.4 is 20.1 Å². The number of anilines is 2. The van der Waals surface area contributed by atoms with Gasteiger partial charge in [-0.1, -0.05) is 18.2 Å². The van der Waals surface area contributed by atoms with E-state index in [1.807, 2.05) is 55.5 Å². The Hall–Kier alpha value is -2.69. The molecule has 0 aliphatic heterocycles. The van der Waals surface area contributed by atoms with Crippen LogP contribution in [0.3, 0.4) is 0 Å². The van der Waals surface area contributed by atoms with Gasteiger partial charge in [0.2, 0.25) is 5.91 Å². The first-order valence-corrected chi connectivity index (χ1v) is 7.12. The molecule has 116 valence electrons. The number of benzene rings is 2. The smallest absolute Gasteiger partial charge is 0.243 e. The highest BCUT2D eigenvalue weighted by atomic mass is 16.5. The van der Waals surface area contributed by atoms with Crippen LogP contribution in [0.15, 0.2) is 48.5 Å². The van der Waals surface area contributed by atoms with Gasteiger partial charge in [0, 0.05) is 11.8 Å². The second kappa shape index (κ2) is 7.93. The van der Waals surface area contributed by atoms with Gasteiger partial charge in [-0.05, 0) is 31.2 Å². The molecule has 0 unspecified atom stereocenters. The summed E-state index contributed by atoms with van der Waals surface area (Å²) in [6.45, 7) is 2.62. The van der Waals surface area contributed by atoms with Crippen LogP contribution in [-0.4, -0.2) is 26.2 Å². The zero-order valence-electron chi connectivity index (χ0n) is 12.8. The van der Waals surface area contributed by atoms with Crippen molar-refractivity contribution in [1.82, 2.24) is 0 Å². The zero-order chi connectivity index (χ0) is 15.8. The molecule has 0 saturated carbocycles. The lowest BCUT2D eigenvalue weighted by molar-refractivity contribution is -0.114. The highest BCUT2D eigenvalue weighted by Gasteiger charge is 2.07. The molecule has 0 aliphatic rings. The van der Waals surface area contributed by atoms with Gasteiger partial charge in [0.15, 0.2) is 0 Å². The van der Waals surface area contributed by atoms with E-state index in [0.717, 1.165) is 11.4 Å². The summed E-state index contributed by atoms with van der Waals surface area (Å²) in [5, 5.41) is 5.89. The van der Waals surface area contributed by atoms with Crippen molar-refractivity contribution in [3.63, 3.8) is 0 Å². The molecule has 0 atom stereocenters. The SMILES string of the molecule is CCOc1ccccc1NC(=O)CNc1cccc(OC)c1. The normalized spacial score (nSPS) is 9.91. The van der Waals surface area contributed by atoms with Crippen molar-refractivity contribution in [1.29, 1.82) is 0 Å². The van der Waals surface area contributed by atoms with E-state index in [4.69, 9.17) is 9.47 Å². The molecular formula is C17H20N2O3. The molecule has 0 aromatic heterocycles. The maximum Gasteiger partial charge on any atom is 0.243 e. The van der Waals surface area contributed by atoms with Crippen molar-refractivity contribution in [2.45, 2.75) is 6.92 Å². The molecule has 0 heterocycles. The summed E-state index contributed by atoms with van der Waals surface area (Å²) in [6.07, 6.45) is 0. The predicted octanol–water partition coefficient (Wildman–Crippen LogP) is 3.14. The molecular weight excluding hydrogens is 280 g/mol. The van der Waals surface area contributed by atoms with Crippen LogP contribution in [0, 0.1) is 0 Å². The first-order valence-electron chi connectivity index (χ1n) is 7.12. The van der Waals surface area contributed by atoms with Crippen molar-refractivity contribution >= 4 is 17.3 Å². The largest absolute Gasteiger partial charge is 0.497 e. The summed E-state index contributed by atoms with van der Waals surface area (Å²) < 4.78 is 10.6. The number of carbonyl (C=O) groups is 1. The highest BCUT2D eigenvalue weighted by molar-refractivity contribution is 5.95. The Morgan fingerprint density at radius 1 is 1.14 bits per heavy atom. The number of ether oxygens (including phenoxy) is 2. The maximum atomic E-state index is 12.0. The summed E-state index contributed by atoms with van der Waals surface area (Å²) in [5.41, 5.74) is 1.49. The summed E-state index contributed by atoms with van der Waals surface area (Å²) in [5.74, 6) is 1.27. The number of rotatable bonds is 7. The standard InChI is InChI=1S/C17H20N2O3/c1-3-22-16-10-5-4-9-15(16)19-17(20)12-18-13-7-6-8-14(11-13)21-2/h4-11,18H,3,12H2,1-2H3,(H,19,20). The number of carbonyl (C=O) groups excluding carboxylic acids is 1. The third-order valence-corrected chi connectivity index (χ3v) is 2.98.